The van der Waals surface area contributed by atoms with Crippen LogP contribution in [0.2, 0.25) is 0 Å². The first-order valence-electron chi connectivity index (χ1n) is 10.1. The minimum atomic E-state index is -0.946. The van der Waals surface area contributed by atoms with E-state index in [0.717, 1.165) is 24.8 Å². The summed E-state index contributed by atoms with van der Waals surface area (Å²) in [5, 5.41) is 20.6. The van der Waals surface area contributed by atoms with Crippen LogP contribution in [0.4, 0.5) is 4.79 Å². The molecule has 1 N–H and O–H groups in total. The number of carboxylic acid groups (broad SMARTS) is 2. The summed E-state index contributed by atoms with van der Waals surface area (Å²) in [4.78, 5) is 40.1. The monoisotopic (exact) mass is 428 g/mol. The van der Waals surface area contributed by atoms with Gasteiger partial charge >= 0.3 is 41.6 Å². The third kappa shape index (κ3) is 6.97. The number of rotatable bonds is 9. The molecule has 2 saturated heterocycles. The number of benzene rings is 1. The molecule has 2 heterocycles. The molecular formula is C21H29N2NaO6. The van der Waals surface area contributed by atoms with Crippen molar-refractivity contribution in [2.75, 3.05) is 6.54 Å². The predicted octanol–water partition coefficient (Wildman–Crippen LogP) is -0.962. The number of amides is 2. The van der Waals surface area contributed by atoms with E-state index in [1.165, 1.54) is 9.96 Å². The Morgan fingerprint density at radius 1 is 1.27 bits per heavy atom. The molecule has 160 valence electrons. The maximum Gasteiger partial charge on any atom is 1.00 e. The smallest absolute Gasteiger partial charge is 0.550 e. The topological polar surface area (TPSA) is 110 Å². The van der Waals surface area contributed by atoms with Crippen molar-refractivity contribution in [3.63, 3.8) is 0 Å². The van der Waals surface area contributed by atoms with Gasteiger partial charge in [-0.15, -0.1) is 0 Å². The van der Waals surface area contributed by atoms with Gasteiger partial charge in [-0.3, -0.25) is 4.84 Å². The van der Waals surface area contributed by atoms with Crippen LogP contribution in [0, 0.1) is 5.92 Å². The molecule has 0 radical (unpaired) electrons. The zero-order chi connectivity index (χ0) is 21.4. The van der Waals surface area contributed by atoms with E-state index >= 15 is 0 Å². The fourth-order valence-electron chi connectivity index (χ4n) is 3.53. The number of aliphatic carboxylic acids is 2. The molecule has 3 atom stereocenters. The molecule has 2 fully saturated rings. The molecular weight excluding hydrogens is 399 g/mol. The number of carbonyl (C=O) groups is 3. The number of nitrogens with zero attached hydrogens (tertiary/aromatic N) is 2. The van der Waals surface area contributed by atoms with Crippen molar-refractivity contribution in [1.82, 2.24) is 9.96 Å². The molecule has 30 heavy (non-hydrogen) atoms. The molecule has 1 aromatic rings. The molecule has 0 aliphatic carbocycles. The van der Waals surface area contributed by atoms with Crippen LogP contribution in [-0.4, -0.2) is 51.7 Å². The second kappa shape index (κ2) is 12.9. The Bertz CT molecular complexity index is 702. The third-order valence-corrected chi connectivity index (χ3v) is 5.28. The van der Waals surface area contributed by atoms with Gasteiger partial charge in [-0.1, -0.05) is 57.0 Å². The second-order valence-corrected chi connectivity index (χ2v) is 7.33. The van der Waals surface area contributed by atoms with Crippen molar-refractivity contribution in [2.45, 2.75) is 64.6 Å². The minimum absolute atomic E-state index is 0. The van der Waals surface area contributed by atoms with Crippen molar-refractivity contribution in [3.8, 4) is 0 Å². The average molecular weight is 428 g/mol. The van der Waals surface area contributed by atoms with E-state index in [2.05, 4.69) is 6.92 Å². The number of hydrogen-bond acceptors (Lipinski definition) is 5. The van der Waals surface area contributed by atoms with Crippen LogP contribution in [0.1, 0.15) is 51.5 Å². The predicted molar refractivity (Wildman–Crippen MR) is 103 cm³/mol. The minimum Gasteiger partial charge on any atom is -0.550 e. The zero-order valence-electron chi connectivity index (χ0n) is 18.0. The largest absolute Gasteiger partial charge is 1.00 e. The second-order valence-electron chi connectivity index (χ2n) is 7.33. The SMILES string of the molecule is CCCCC(CC)C(=O)[O-].O=C(O)[C@@H]1C[C@@H]2CN1C(=O)N2OCc1ccccc1.[Na+]. The van der Waals surface area contributed by atoms with Crippen molar-refractivity contribution >= 4 is 18.0 Å². The molecule has 0 aromatic heterocycles. The summed E-state index contributed by atoms with van der Waals surface area (Å²) in [6.45, 7) is 4.69. The van der Waals surface area contributed by atoms with Crippen LogP contribution in [0.5, 0.6) is 0 Å². The normalized spacial score (nSPS) is 20.3. The molecule has 2 amide bonds. The van der Waals surface area contributed by atoms with E-state index in [0.29, 0.717) is 26.0 Å². The van der Waals surface area contributed by atoms with E-state index in [1.54, 1.807) is 0 Å². The van der Waals surface area contributed by atoms with Crippen LogP contribution >= 0.6 is 0 Å². The Morgan fingerprint density at radius 3 is 2.43 bits per heavy atom. The summed E-state index contributed by atoms with van der Waals surface area (Å²) in [7, 11) is 0. The van der Waals surface area contributed by atoms with Crippen molar-refractivity contribution < 1.29 is 59.0 Å². The summed E-state index contributed by atoms with van der Waals surface area (Å²) in [6, 6.07) is 8.35. The molecule has 0 saturated carbocycles. The summed E-state index contributed by atoms with van der Waals surface area (Å²) in [5.41, 5.74) is 0.975. The number of unbranched alkanes of at least 4 members (excludes halogenated alkanes) is 1. The van der Waals surface area contributed by atoms with E-state index in [9.17, 15) is 19.5 Å². The summed E-state index contributed by atoms with van der Waals surface area (Å²) in [5.74, 6) is -2.06. The first kappa shape index (κ1) is 26.4. The molecule has 9 heteroatoms. The van der Waals surface area contributed by atoms with Gasteiger partial charge in [0.1, 0.15) is 12.6 Å². The molecule has 1 aromatic carbocycles. The van der Waals surface area contributed by atoms with Crippen LogP contribution in [-0.2, 0) is 21.0 Å². The molecule has 2 aliphatic rings. The number of hydrogen-bond donors (Lipinski definition) is 1. The van der Waals surface area contributed by atoms with Crippen LogP contribution in [0.15, 0.2) is 30.3 Å². The molecule has 1 unspecified atom stereocenters. The Hall–Kier alpha value is -1.61. The molecule has 2 aliphatic heterocycles. The molecule has 8 nitrogen and oxygen atoms in total. The fraction of sp³-hybridized carbons (Fsp3) is 0.571. The number of fused-ring (bicyclic) bond motifs is 2. The van der Waals surface area contributed by atoms with Gasteiger partial charge in [0, 0.05) is 18.9 Å². The van der Waals surface area contributed by atoms with E-state index in [4.69, 9.17) is 9.94 Å². The van der Waals surface area contributed by atoms with Crippen molar-refractivity contribution in [3.05, 3.63) is 35.9 Å². The van der Waals surface area contributed by atoms with Gasteiger partial charge in [-0.05, 0) is 24.3 Å². The Kier molecular flexibility index (Phi) is 11.4. The van der Waals surface area contributed by atoms with Crippen LogP contribution in [0.3, 0.4) is 0 Å². The van der Waals surface area contributed by atoms with Gasteiger partial charge < -0.3 is 19.9 Å². The summed E-state index contributed by atoms with van der Waals surface area (Å²) >= 11 is 0. The number of hydroxylamine groups is 2. The standard InChI is InChI=1S/C13H14N2O4.C8H16O2.Na/c16-12(17)11-6-10-7-14(11)13(18)15(10)19-8-9-4-2-1-3-5-9;1-3-5-6-7(4-2)8(9)10;/h1-5,10-11H,6-8H2,(H,16,17);7H,3-6H2,1-2H3,(H,9,10);/q;;+1/p-1/t10-,11+;;/m1../s1. The van der Waals surface area contributed by atoms with Gasteiger partial charge in [-0.2, -0.15) is 5.06 Å². The molecule has 0 spiro atoms. The van der Waals surface area contributed by atoms with Gasteiger partial charge in [0.15, 0.2) is 0 Å². The van der Waals surface area contributed by atoms with Gasteiger partial charge in [0.25, 0.3) is 0 Å². The van der Waals surface area contributed by atoms with Gasteiger partial charge in [0.2, 0.25) is 0 Å². The van der Waals surface area contributed by atoms with E-state index < -0.39 is 18.0 Å². The number of urea groups is 1. The van der Waals surface area contributed by atoms with E-state index in [1.807, 2.05) is 37.3 Å². The third-order valence-electron chi connectivity index (χ3n) is 5.28. The maximum absolute atomic E-state index is 12.0. The van der Waals surface area contributed by atoms with Gasteiger partial charge in [-0.25, -0.2) is 9.59 Å². The number of carboxylic acids is 2. The van der Waals surface area contributed by atoms with Gasteiger partial charge in [0.05, 0.1) is 6.04 Å². The quantitative estimate of drug-likeness (QED) is 0.507. The maximum atomic E-state index is 12.0. The first-order chi connectivity index (χ1) is 13.9. The van der Waals surface area contributed by atoms with Crippen molar-refractivity contribution in [1.29, 1.82) is 0 Å². The average Bonchev–Trinajstić information content (AvgIpc) is 3.27. The number of carbonyl (C=O) groups excluding carboxylic acids is 2. The Labute approximate surface area is 199 Å². The van der Waals surface area contributed by atoms with Crippen LogP contribution < -0.4 is 34.7 Å². The van der Waals surface area contributed by atoms with Crippen LogP contribution in [0.25, 0.3) is 0 Å². The molecule has 2 bridgehead atoms. The summed E-state index contributed by atoms with van der Waals surface area (Å²) < 4.78 is 0. The summed E-state index contributed by atoms with van der Waals surface area (Å²) in [6.07, 6.45) is 3.95. The van der Waals surface area contributed by atoms with E-state index in [-0.39, 0.29) is 47.5 Å². The van der Waals surface area contributed by atoms with Crippen molar-refractivity contribution in [2.24, 2.45) is 5.92 Å². The fourth-order valence-corrected chi connectivity index (χ4v) is 3.53. The zero-order valence-corrected chi connectivity index (χ0v) is 20.0. The molecule has 3 rings (SSSR count). The Balaban J connectivity index is 0.000000354. The Morgan fingerprint density at radius 2 is 1.93 bits per heavy atom. The first-order valence-corrected chi connectivity index (χ1v) is 10.1.